The third kappa shape index (κ3) is 6.58. The molecule has 0 atom stereocenters. The smallest absolute Gasteiger partial charge is 0.329 e. The fourth-order valence-corrected chi connectivity index (χ4v) is 2.70. The number of anilines is 1. The number of methoxy groups -OCH3 is 1. The van der Waals surface area contributed by atoms with Crippen LogP contribution in [0.25, 0.3) is 0 Å². The van der Waals surface area contributed by atoms with E-state index in [1.54, 1.807) is 54.6 Å². The third-order valence-corrected chi connectivity index (χ3v) is 4.37. The molecule has 0 spiro atoms. The van der Waals surface area contributed by atoms with E-state index in [0.29, 0.717) is 34.4 Å². The topological polar surface area (TPSA) is 89.0 Å². The van der Waals surface area contributed by atoms with E-state index in [9.17, 15) is 9.59 Å². The average Bonchev–Trinajstić information content (AvgIpc) is 2.79. The summed E-state index contributed by atoms with van der Waals surface area (Å²) in [6.07, 6.45) is 1.42. The lowest BCUT2D eigenvalue weighted by Gasteiger charge is -2.08. The molecule has 31 heavy (non-hydrogen) atoms. The summed E-state index contributed by atoms with van der Waals surface area (Å²) in [4.78, 5) is 24.0. The van der Waals surface area contributed by atoms with Crippen LogP contribution in [-0.4, -0.2) is 25.1 Å². The fraction of sp³-hybridized carbons (Fsp3) is 0.0870. The van der Waals surface area contributed by atoms with Crippen LogP contribution in [0.4, 0.5) is 5.69 Å². The second-order valence-electron chi connectivity index (χ2n) is 6.34. The summed E-state index contributed by atoms with van der Waals surface area (Å²) in [5, 5.41) is 6.97. The number of rotatable bonds is 7. The minimum Gasteiger partial charge on any atom is -0.495 e. The molecule has 3 rings (SSSR count). The molecule has 0 unspecified atom stereocenters. The first-order valence-electron chi connectivity index (χ1n) is 9.30. The first-order chi connectivity index (χ1) is 15.0. The Morgan fingerprint density at radius 1 is 1.00 bits per heavy atom. The van der Waals surface area contributed by atoms with Crippen LogP contribution in [0.2, 0.25) is 5.02 Å². The number of hydrogen-bond donors (Lipinski definition) is 2. The van der Waals surface area contributed by atoms with Crippen LogP contribution < -0.4 is 20.2 Å². The zero-order valence-corrected chi connectivity index (χ0v) is 17.4. The van der Waals surface area contributed by atoms with Crippen molar-refractivity contribution in [2.24, 2.45) is 5.10 Å². The van der Waals surface area contributed by atoms with Crippen molar-refractivity contribution in [3.8, 4) is 11.5 Å². The number of benzene rings is 3. The molecule has 0 saturated heterocycles. The zero-order chi connectivity index (χ0) is 22.1. The van der Waals surface area contributed by atoms with Crippen molar-refractivity contribution in [3.63, 3.8) is 0 Å². The van der Waals surface area contributed by atoms with Crippen molar-refractivity contribution in [3.05, 3.63) is 88.9 Å². The summed E-state index contributed by atoms with van der Waals surface area (Å²) in [7, 11) is 1.47. The number of hydrogen-bond acceptors (Lipinski definition) is 5. The lowest BCUT2D eigenvalue weighted by Crippen LogP contribution is -2.32. The van der Waals surface area contributed by atoms with E-state index >= 15 is 0 Å². The molecule has 158 valence electrons. The van der Waals surface area contributed by atoms with Gasteiger partial charge in [-0.2, -0.15) is 5.10 Å². The predicted octanol–water partition coefficient (Wildman–Crippen LogP) is 4.02. The summed E-state index contributed by atoms with van der Waals surface area (Å²) in [6, 6.07) is 21.3. The van der Waals surface area contributed by atoms with Gasteiger partial charge in [-0.15, -0.1) is 0 Å². The summed E-state index contributed by atoms with van der Waals surface area (Å²) in [5.74, 6) is -0.680. The van der Waals surface area contributed by atoms with Gasteiger partial charge in [-0.05, 0) is 47.5 Å². The molecule has 8 heteroatoms. The van der Waals surface area contributed by atoms with Crippen LogP contribution in [0.1, 0.15) is 11.1 Å². The van der Waals surface area contributed by atoms with E-state index in [-0.39, 0.29) is 0 Å². The second kappa shape index (κ2) is 10.8. The average molecular weight is 438 g/mol. The second-order valence-corrected chi connectivity index (χ2v) is 6.78. The molecule has 2 N–H and O–H groups in total. The van der Waals surface area contributed by atoms with Crippen LogP contribution in [0, 0.1) is 0 Å². The highest BCUT2D eigenvalue weighted by Crippen LogP contribution is 2.22. The molecule has 3 aromatic rings. The maximum atomic E-state index is 12.0. The van der Waals surface area contributed by atoms with Gasteiger partial charge < -0.3 is 14.8 Å². The molecular formula is C23H20ClN3O4. The maximum Gasteiger partial charge on any atom is 0.329 e. The van der Waals surface area contributed by atoms with Crippen molar-refractivity contribution in [2.75, 3.05) is 12.4 Å². The molecule has 7 nitrogen and oxygen atoms in total. The van der Waals surface area contributed by atoms with Gasteiger partial charge in [-0.3, -0.25) is 9.59 Å². The highest BCUT2D eigenvalue weighted by Gasteiger charge is 2.14. The third-order valence-electron chi connectivity index (χ3n) is 4.12. The minimum absolute atomic E-state index is 0.387. The van der Waals surface area contributed by atoms with Crippen LogP contribution in [0.3, 0.4) is 0 Å². The van der Waals surface area contributed by atoms with Crippen molar-refractivity contribution in [2.45, 2.75) is 6.61 Å². The Bertz CT molecular complexity index is 1080. The Kier molecular flexibility index (Phi) is 7.61. The Morgan fingerprint density at radius 3 is 2.55 bits per heavy atom. The Hall–Kier alpha value is -3.84. The standard InChI is InChI=1S/C23H20ClN3O4/c1-30-21-8-3-2-7-20(21)26-22(28)23(29)27-25-14-17-5-4-6-19(13-17)31-15-16-9-11-18(24)12-10-16/h2-14H,15H2,1H3,(H,26,28)(H,27,29)/b25-14-. The monoisotopic (exact) mass is 437 g/mol. The van der Waals surface area contributed by atoms with Gasteiger partial charge in [0.2, 0.25) is 0 Å². The molecule has 0 aliphatic carbocycles. The van der Waals surface area contributed by atoms with E-state index in [1.165, 1.54) is 13.3 Å². The molecular weight excluding hydrogens is 418 g/mol. The van der Waals surface area contributed by atoms with Crippen LogP contribution in [0.5, 0.6) is 11.5 Å². The molecule has 0 saturated carbocycles. The maximum absolute atomic E-state index is 12.0. The number of nitrogens with one attached hydrogen (secondary N) is 2. The highest BCUT2D eigenvalue weighted by molar-refractivity contribution is 6.39. The van der Waals surface area contributed by atoms with E-state index in [4.69, 9.17) is 21.1 Å². The number of hydrazone groups is 1. The van der Waals surface area contributed by atoms with Crippen LogP contribution in [0.15, 0.2) is 77.9 Å². The summed E-state index contributed by atoms with van der Waals surface area (Å²) in [6.45, 7) is 0.387. The molecule has 0 aliphatic rings. The number of halogens is 1. The number of carbonyl (C=O) groups is 2. The molecule has 0 fully saturated rings. The van der Waals surface area contributed by atoms with Crippen molar-refractivity contribution in [1.82, 2.24) is 5.43 Å². The quantitative estimate of drug-likeness (QED) is 0.332. The van der Waals surface area contributed by atoms with E-state index in [0.717, 1.165) is 5.56 Å². The van der Waals surface area contributed by atoms with Gasteiger partial charge in [0.1, 0.15) is 18.1 Å². The van der Waals surface area contributed by atoms with E-state index in [2.05, 4.69) is 15.8 Å². The molecule has 3 aromatic carbocycles. The number of amides is 2. The number of para-hydroxylation sites is 2. The predicted molar refractivity (Wildman–Crippen MR) is 120 cm³/mol. The minimum atomic E-state index is -0.905. The van der Waals surface area contributed by atoms with Crippen LogP contribution >= 0.6 is 11.6 Å². The highest BCUT2D eigenvalue weighted by atomic mass is 35.5. The van der Waals surface area contributed by atoms with Crippen molar-refractivity contribution >= 4 is 35.3 Å². The van der Waals surface area contributed by atoms with Gasteiger partial charge in [-0.25, -0.2) is 5.43 Å². The molecule has 0 aromatic heterocycles. The number of ether oxygens (including phenoxy) is 2. The summed E-state index contributed by atoms with van der Waals surface area (Å²) < 4.78 is 10.9. The number of carbonyl (C=O) groups excluding carboxylic acids is 2. The molecule has 2 amide bonds. The fourth-order valence-electron chi connectivity index (χ4n) is 2.58. The van der Waals surface area contributed by atoms with Crippen LogP contribution in [-0.2, 0) is 16.2 Å². The summed E-state index contributed by atoms with van der Waals surface area (Å²) >= 11 is 5.88. The molecule has 0 radical (unpaired) electrons. The lowest BCUT2D eigenvalue weighted by atomic mass is 10.2. The summed E-state index contributed by atoms with van der Waals surface area (Å²) in [5.41, 5.74) is 4.26. The molecule has 0 heterocycles. The molecule has 0 aliphatic heterocycles. The van der Waals surface area contributed by atoms with E-state index in [1.807, 2.05) is 18.2 Å². The van der Waals surface area contributed by atoms with Crippen molar-refractivity contribution in [1.29, 1.82) is 0 Å². The Balaban J connectivity index is 1.53. The largest absolute Gasteiger partial charge is 0.495 e. The van der Waals surface area contributed by atoms with Gasteiger partial charge in [-0.1, -0.05) is 48.0 Å². The molecule has 0 bridgehead atoms. The SMILES string of the molecule is COc1ccccc1NC(=O)C(=O)N/N=C\c1cccc(OCc2ccc(Cl)cc2)c1. The first-order valence-corrected chi connectivity index (χ1v) is 9.67. The van der Waals surface area contributed by atoms with Gasteiger partial charge in [0.15, 0.2) is 0 Å². The van der Waals surface area contributed by atoms with Gasteiger partial charge in [0.25, 0.3) is 0 Å². The van der Waals surface area contributed by atoms with Crippen molar-refractivity contribution < 1.29 is 19.1 Å². The Morgan fingerprint density at radius 2 is 1.77 bits per heavy atom. The number of nitrogens with zero attached hydrogens (tertiary/aromatic N) is 1. The van der Waals surface area contributed by atoms with Gasteiger partial charge in [0.05, 0.1) is 19.0 Å². The van der Waals surface area contributed by atoms with Gasteiger partial charge >= 0.3 is 11.8 Å². The normalized spacial score (nSPS) is 10.5. The van der Waals surface area contributed by atoms with Gasteiger partial charge in [0, 0.05) is 5.02 Å². The first kappa shape index (κ1) is 21.9. The van der Waals surface area contributed by atoms with E-state index < -0.39 is 11.8 Å². The lowest BCUT2D eigenvalue weighted by molar-refractivity contribution is -0.136. The Labute approximate surface area is 184 Å². The zero-order valence-electron chi connectivity index (χ0n) is 16.7.